The number of hydrogen-bond donors (Lipinski definition) is 2. The van der Waals surface area contributed by atoms with Crippen molar-refractivity contribution in [2.45, 2.75) is 25.3 Å². The molecular weight excluding hydrogens is 280 g/mol. The Morgan fingerprint density at radius 2 is 2.10 bits per heavy atom. The highest BCUT2D eigenvalue weighted by atomic mass is 32.2. The number of carbonyl (C=O) groups is 3. The first-order chi connectivity index (χ1) is 9.40. The molecule has 2 N–H and O–H groups in total. The van der Waals surface area contributed by atoms with E-state index in [1.54, 1.807) is 26.0 Å². The van der Waals surface area contributed by atoms with Crippen molar-refractivity contribution in [1.29, 1.82) is 0 Å². The molecule has 106 valence electrons. The van der Waals surface area contributed by atoms with Crippen LogP contribution in [-0.4, -0.2) is 38.5 Å². The molecular formula is C13H14N2O4S. The Labute approximate surface area is 120 Å². The first-order valence-electron chi connectivity index (χ1n) is 6.03. The molecule has 0 radical (unpaired) electrons. The summed E-state index contributed by atoms with van der Waals surface area (Å²) in [7, 11) is 0. The molecule has 1 unspecified atom stereocenters. The fourth-order valence-electron chi connectivity index (χ4n) is 1.87. The van der Waals surface area contributed by atoms with Crippen molar-refractivity contribution < 1.29 is 19.5 Å². The van der Waals surface area contributed by atoms with Gasteiger partial charge in [0.1, 0.15) is 0 Å². The normalized spacial score (nSPS) is 18.8. The number of carbonyl (C=O) groups excluding carboxylic acids is 2. The van der Waals surface area contributed by atoms with Gasteiger partial charge in [-0.25, -0.2) is 4.79 Å². The number of rotatable bonds is 4. The van der Waals surface area contributed by atoms with Crippen LogP contribution in [0.25, 0.3) is 0 Å². The highest BCUT2D eigenvalue weighted by molar-refractivity contribution is 8.15. The van der Waals surface area contributed by atoms with E-state index in [2.05, 4.69) is 5.32 Å². The minimum atomic E-state index is -1.04. The van der Waals surface area contributed by atoms with Gasteiger partial charge in [0, 0.05) is 11.7 Å². The molecule has 1 fully saturated rings. The summed E-state index contributed by atoms with van der Waals surface area (Å²) in [5.74, 6) is -1.35. The molecule has 2 amide bonds. The topological polar surface area (TPSA) is 86.7 Å². The second kappa shape index (κ2) is 5.54. The summed E-state index contributed by atoms with van der Waals surface area (Å²) in [5.41, 5.74) is 0.617. The molecule has 7 heteroatoms. The van der Waals surface area contributed by atoms with Gasteiger partial charge in [-0.2, -0.15) is 0 Å². The summed E-state index contributed by atoms with van der Waals surface area (Å²) in [6.07, 6.45) is 0. The molecule has 1 aromatic rings. The van der Waals surface area contributed by atoms with Crippen LogP contribution in [0.4, 0.5) is 10.5 Å². The lowest BCUT2D eigenvalue weighted by Crippen LogP contribution is -2.38. The number of aromatic carboxylic acids is 1. The van der Waals surface area contributed by atoms with Gasteiger partial charge in [-0.15, -0.1) is 0 Å². The van der Waals surface area contributed by atoms with Crippen LogP contribution < -0.4 is 5.32 Å². The number of nitrogens with zero attached hydrogens (tertiary/aromatic N) is 1. The Morgan fingerprint density at radius 1 is 1.40 bits per heavy atom. The molecule has 1 heterocycles. The van der Waals surface area contributed by atoms with Gasteiger partial charge in [0.15, 0.2) is 5.37 Å². The number of benzene rings is 1. The Hall–Kier alpha value is -2.02. The Balaban J connectivity index is 2.15. The van der Waals surface area contributed by atoms with Crippen LogP contribution in [0.3, 0.4) is 0 Å². The second-order valence-corrected chi connectivity index (χ2v) is 5.65. The van der Waals surface area contributed by atoms with Crippen LogP contribution in [0.15, 0.2) is 24.3 Å². The number of carboxylic acids is 1. The Bertz CT molecular complexity index is 573. The van der Waals surface area contributed by atoms with E-state index in [0.717, 1.165) is 11.8 Å². The van der Waals surface area contributed by atoms with Gasteiger partial charge < -0.3 is 10.4 Å². The van der Waals surface area contributed by atoms with E-state index in [1.807, 2.05) is 0 Å². The summed E-state index contributed by atoms with van der Waals surface area (Å²) in [6, 6.07) is 5.93. The smallest absolute Gasteiger partial charge is 0.335 e. The molecule has 0 aromatic heterocycles. The van der Waals surface area contributed by atoms with Crippen LogP contribution in [0, 0.1) is 0 Å². The Kier molecular flexibility index (Phi) is 3.99. The van der Waals surface area contributed by atoms with Crippen LogP contribution in [0.5, 0.6) is 0 Å². The van der Waals surface area contributed by atoms with Crippen molar-refractivity contribution in [3.05, 3.63) is 29.8 Å². The maximum absolute atomic E-state index is 12.1. The zero-order valence-corrected chi connectivity index (χ0v) is 11.8. The largest absolute Gasteiger partial charge is 0.478 e. The number of amides is 2. The maximum Gasteiger partial charge on any atom is 0.335 e. The average Bonchev–Trinajstić information content (AvgIpc) is 2.64. The van der Waals surface area contributed by atoms with Gasteiger partial charge in [-0.05, 0) is 43.8 Å². The summed E-state index contributed by atoms with van der Waals surface area (Å²) in [6.45, 7) is 3.54. The molecule has 0 saturated carbocycles. The predicted octanol–water partition coefficient (Wildman–Crippen LogP) is 2.23. The summed E-state index contributed by atoms with van der Waals surface area (Å²) in [4.78, 5) is 35.9. The lowest BCUT2D eigenvalue weighted by molar-refractivity contribution is -0.127. The minimum Gasteiger partial charge on any atom is -0.478 e. The third-order valence-electron chi connectivity index (χ3n) is 2.80. The van der Waals surface area contributed by atoms with Gasteiger partial charge in [-0.3, -0.25) is 14.5 Å². The zero-order chi connectivity index (χ0) is 14.9. The molecule has 1 aliphatic rings. The first-order valence-corrected chi connectivity index (χ1v) is 6.91. The van der Waals surface area contributed by atoms with Gasteiger partial charge in [0.25, 0.3) is 11.1 Å². The molecule has 1 aromatic carbocycles. The van der Waals surface area contributed by atoms with Crippen molar-refractivity contribution in [2.75, 3.05) is 5.32 Å². The molecule has 6 nitrogen and oxygen atoms in total. The van der Waals surface area contributed by atoms with Gasteiger partial charge in [-0.1, -0.05) is 6.07 Å². The summed E-state index contributed by atoms with van der Waals surface area (Å²) >= 11 is 0.898. The second-order valence-electron chi connectivity index (χ2n) is 4.60. The highest BCUT2D eigenvalue weighted by Gasteiger charge is 2.41. The van der Waals surface area contributed by atoms with Crippen molar-refractivity contribution in [2.24, 2.45) is 0 Å². The van der Waals surface area contributed by atoms with E-state index in [1.165, 1.54) is 17.0 Å². The van der Waals surface area contributed by atoms with Crippen molar-refractivity contribution >= 4 is 34.6 Å². The standard InChI is InChI=1S/C13H14N2O4S/c1-7(2)15-11(16)10(20-13(15)19)14-9-5-3-4-8(6-9)12(17)18/h3-7,10,14H,1-2H3,(H,17,18). The first kappa shape index (κ1) is 14.4. The van der Waals surface area contributed by atoms with Crippen molar-refractivity contribution in [3.8, 4) is 0 Å². The number of hydrogen-bond acceptors (Lipinski definition) is 5. The average molecular weight is 294 g/mol. The lowest BCUT2D eigenvalue weighted by Gasteiger charge is -2.18. The lowest BCUT2D eigenvalue weighted by atomic mass is 10.2. The van der Waals surface area contributed by atoms with E-state index >= 15 is 0 Å². The van der Waals surface area contributed by atoms with E-state index in [-0.39, 0.29) is 22.8 Å². The van der Waals surface area contributed by atoms with E-state index in [0.29, 0.717) is 5.69 Å². The quantitative estimate of drug-likeness (QED) is 0.885. The molecule has 2 rings (SSSR count). The molecule has 0 bridgehead atoms. The summed E-state index contributed by atoms with van der Waals surface area (Å²) in [5, 5.41) is 10.8. The summed E-state index contributed by atoms with van der Waals surface area (Å²) < 4.78 is 0. The number of nitrogens with one attached hydrogen (secondary N) is 1. The van der Waals surface area contributed by atoms with Crippen molar-refractivity contribution in [1.82, 2.24) is 4.90 Å². The zero-order valence-electron chi connectivity index (χ0n) is 11.0. The molecule has 1 aliphatic heterocycles. The molecule has 0 aliphatic carbocycles. The van der Waals surface area contributed by atoms with Crippen molar-refractivity contribution in [3.63, 3.8) is 0 Å². The third-order valence-corrected chi connectivity index (χ3v) is 3.75. The van der Waals surface area contributed by atoms with E-state index in [4.69, 9.17) is 5.11 Å². The third kappa shape index (κ3) is 2.77. The number of carboxylic acid groups (broad SMARTS) is 1. The number of anilines is 1. The van der Waals surface area contributed by atoms with Gasteiger partial charge in [0.2, 0.25) is 0 Å². The fraction of sp³-hybridized carbons (Fsp3) is 0.308. The van der Waals surface area contributed by atoms with E-state index in [9.17, 15) is 14.4 Å². The molecule has 1 atom stereocenters. The fourth-order valence-corrected chi connectivity index (χ4v) is 2.90. The van der Waals surface area contributed by atoms with Gasteiger partial charge in [0.05, 0.1) is 5.56 Å². The maximum atomic E-state index is 12.1. The SMILES string of the molecule is CC(C)N1C(=O)SC(Nc2cccc(C(=O)O)c2)C1=O. The monoisotopic (exact) mass is 294 g/mol. The molecule has 0 spiro atoms. The molecule has 1 saturated heterocycles. The molecule has 20 heavy (non-hydrogen) atoms. The van der Waals surface area contributed by atoms with Gasteiger partial charge >= 0.3 is 5.97 Å². The van der Waals surface area contributed by atoms with Crippen LogP contribution >= 0.6 is 11.8 Å². The number of imide groups is 1. The Morgan fingerprint density at radius 3 is 2.65 bits per heavy atom. The van der Waals surface area contributed by atoms with E-state index < -0.39 is 11.3 Å². The highest BCUT2D eigenvalue weighted by Crippen LogP contribution is 2.29. The van der Waals surface area contributed by atoms with Crippen LogP contribution in [0.1, 0.15) is 24.2 Å². The number of thioether (sulfide) groups is 1. The van der Waals surface area contributed by atoms with Crippen LogP contribution in [-0.2, 0) is 4.79 Å². The minimum absolute atomic E-state index is 0.123. The van der Waals surface area contributed by atoms with Crippen LogP contribution in [0.2, 0.25) is 0 Å². The predicted molar refractivity (Wildman–Crippen MR) is 75.8 cm³/mol.